The maximum atomic E-state index is 13.5. The largest absolute Gasteiger partial charge is 0.504 e. The monoisotopic (exact) mass is 227 g/mol. The SMILES string of the molecule is COc1c(F)cc(CC(C)(C)N)c(C)c1O. The van der Waals surface area contributed by atoms with E-state index in [9.17, 15) is 9.50 Å². The van der Waals surface area contributed by atoms with E-state index in [0.29, 0.717) is 17.5 Å². The first-order valence-corrected chi connectivity index (χ1v) is 5.10. The Morgan fingerprint density at radius 3 is 2.50 bits per heavy atom. The van der Waals surface area contributed by atoms with Crippen molar-refractivity contribution in [1.82, 2.24) is 0 Å². The Balaban J connectivity index is 3.23. The van der Waals surface area contributed by atoms with Crippen molar-refractivity contribution in [3.63, 3.8) is 0 Å². The Kier molecular flexibility index (Phi) is 3.43. The molecule has 3 N–H and O–H groups in total. The highest BCUT2D eigenvalue weighted by Crippen LogP contribution is 2.35. The van der Waals surface area contributed by atoms with Crippen molar-refractivity contribution in [3.05, 3.63) is 23.0 Å². The molecule has 0 saturated heterocycles. The van der Waals surface area contributed by atoms with Gasteiger partial charge in [0.1, 0.15) is 0 Å². The van der Waals surface area contributed by atoms with E-state index < -0.39 is 11.4 Å². The number of halogens is 1. The van der Waals surface area contributed by atoms with Crippen LogP contribution in [0.15, 0.2) is 6.07 Å². The zero-order valence-corrected chi connectivity index (χ0v) is 10.1. The molecule has 0 saturated carbocycles. The van der Waals surface area contributed by atoms with Crippen LogP contribution < -0.4 is 10.5 Å². The van der Waals surface area contributed by atoms with Gasteiger partial charge in [-0.15, -0.1) is 0 Å². The zero-order chi connectivity index (χ0) is 12.5. The average molecular weight is 227 g/mol. The summed E-state index contributed by atoms with van der Waals surface area (Å²) in [6.07, 6.45) is 0.493. The molecule has 1 aromatic carbocycles. The van der Waals surface area contributed by atoms with E-state index in [-0.39, 0.29) is 11.5 Å². The normalized spacial score (nSPS) is 11.6. The van der Waals surface area contributed by atoms with Crippen molar-refractivity contribution in [2.75, 3.05) is 7.11 Å². The Labute approximate surface area is 95.0 Å². The van der Waals surface area contributed by atoms with Gasteiger partial charge < -0.3 is 15.6 Å². The van der Waals surface area contributed by atoms with E-state index in [1.165, 1.54) is 13.2 Å². The highest BCUT2D eigenvalue weighted by Gasteiger charge is 2.19. The summed E-state index contributed by atoms with van der Waals surface area (Å²) in [5, 5.41) is 9.75. The second kappa shape index (κ2) is 4.29. The number of rotatable bonds is 3. The lowest BCUT2D eigenvalue weighted by Crippen LogP contribution is -2.34. The van der Waals surface area contributed by atoms with Crippen molar-refractivity contribution in [1.29, 1.82) is 0 Å². The van der Waals surface area contributed by atoms with Gasteiger partial charge >= 0.3 is 0 Å². The Hall–Kier alpha value is -1.29. The Morgan fingerprint density at radius 2 is 2.06 bits per heavy atom. The van der Waals surface area contributed by atoms with E-state index in [1.54, 1.807) is 6.92 Å². The zero-order valence-electron chi connectivity index (χ0n) is 10.1. The fourth-order valence-corrected chi connectivity index (χ4v) is 1.63. The van der Waals surface area contributed by atoms with Gasteiger partial charge in [0.05, 0.1) is 7.11 Å². The Bertz CT molecular complexity index is 397. The first-order chi connectivity index (χ1) is 7.26. The molecule has 0 spiro atoms. The molecule has 16 heavy (non-hydrogen) atoms. The molecule has 0 aromatic heterocycles. The molecule has 0 fully saturated rings. The summed E-state index contributed by atoms with van der Waals surface area (Å²) >= 11 is 0. The van der Waals surface area contributed by atoms with Crippen LogP contribution in [0.5, 0.6) is 11.5 Å². The molecule has 0 amide bonds. The first kappa shape index (κ1) is 12.8. The summed E-state index contributed by atoms with van der Waals surface area (Å²) in [5.74, 6) is -0.831. The van der Waals surface area contributed by atoms with Crippen molar-refractivity contribution < 1.29 is 14.2 Å². The molecule has 0 aliphatic rings. The summed E-state index contributed by atoms with van der Waals surface area (Å²) in [7, 11) is 1.32. The molecular weight excluding hydrogens is 209 g/mol. The fraction of sp³-hybridized carbons (Fsp3) is 0.500. The highest BCUT2D eigenvalue weighted by atomic mass is 19.1. The van der Waals surface area contributed by atoms with Crippen LogP contribution in [0.3, 0.4) is 0 Å². The standard InChI is InChI=1S/C12H18FNO2/c1-7-8(6-12(2,3)14)5-9(13)11(16-4)10(7)15/h5,15H,6,14H2,1-4H3. The number of phenolic OH excluding ortho intramolecular Hbond substituents is 1. The van der Waals surface area contributed by atoms with Gasteiger partial charge in [-0.3, -0.25) is 0 Å². The molecule has 0 heterocycles. The number of phenols is 1. The van der Waals surface area contributed by atoms with E-state index >= 15 is 0 Å². The predicted molar refractivity (Wildman–Crippen MR) is 61.3 cm³/mol. The van der Waals surface area contributed by atoms with Gasteiger partial charge in [-0.25, -0.2) is 4.39 Å². The van der Waals surface area contributed by atoms with Crippen molar-refractivity contribution in [2.45, 2.75) is 32.7 Å². The minimum Gasteiger partial charge on any atom is -0.504 e. The number of nitrogens with two attached hydrogens (primary N) is 1. The lowest BCUT2D eigenvalue weighted by Gasteiger charge is -2.21. The van der Waals surface area contributed by atoms with Gasteiger partial charge in [-0.05, 0) is 44.4 Å². The fourth-order valence-electron chi connectivity index (χ4n) is 1.63. The van der Waals surface area contributed by atoms with E-state index in [0.717, 1.165) is 0 Å². The van der Waals surface area contributed by atoms with Crippen LogP contribution in [0, 0.1) is 12.7 Å². The molecule has 4 heteroatoms. The molecule has 0 atom stereocenters. The molecule has 1 aromatic rings. The van der Waals surface area contributed by atoms with Crippen LogP contribution in [0.25, 0.3) is 0 Å². The third-order valence-corrected chi connectivity index (χ3v) is 2.42. The number of hydrogen-bond acceptors (Lipinski definition) is 3. The van der Waals surface area contributed by atoms with Crippen molar-refractivity contribution in [2.24, 2.45) is 5.73 Å². The van der Waals surface area contributed by atoms with Crippen LogP contribution in [0.2, 0.25) is 0 Å². The van der Waals surface area contributed by atoms with Gasteiger partial charge in [-0.2, -0.15) is 0 Å². The summed E-state index contributed by atoms with van der Waals surface area (Å²) in [6.45, 7) is 5.43. The summed E-state index contributed by atoms with van der Waals surface area (Å²) in [6, 6.07) is 1.36. The molecule has 0 aliphatic carbocycles. The third kappa shape index (κ3) is 2.64. The summed E-state index contributed by atoms with van der Waals surface area (Å²) in [5.41, 5.74) is 6.73. The van der Waals surface area contributed by atoms with E-state index in [2.05, 4.69) is 0 Å². The molecule has 0 bridgehead atoms. The van der Waals surface area contributed by atoms with Crippen molar-refractivity contribution in [3.8, 4) is 11.5 Å². The summed E-state index contributed by atoms with van der Waals surface area (Å²) in [4.78, 5) is 0. The summed E-state index contributed by atoms with van der Waals surface area (Å²) < 4.78 is 18.3. The second-order valence-electron chi connectivity index (χ2n) is 4.69. The van der Waals surface area contributed by atoms with Gasteiger partial charge in [-0.1, -0.05) is 0 Å². The number of aromatic hydroxyl groups is 1. The second-order valence-corrected chi connectivity index (χ2v) is 4.69. The van der Waals surface area contributed by atoms with Crippen molar-refractivity contribution >= 4 is 0 Å². The molecule has 3 nitrogen and oxygen atoms in total. The highest BCUT2D eigenvalue weighted by molar-refractivity contribution is 5.50. The quantitative estimate of drug-likeness (QED) is 0.831. The van der Waals surface area contributed by atoms with E-state index in [1.807, 2.05) is 13.8 Å². The predicted octanol–water partition coefficient (Wildman–Crippen LogP) is 2.13. The smallest absolute Gasteiger partial charge is 0.196 e. The lowest BCUT2D eigenvalue weighted by atomic mass is 9.92. The van der Waals surface area contributed by atoms with Gasteiger partial charge in [0, 0.05) is 5.54 Å². The topological polar surface area (TPSA) is 55.5 Å². The van der Waals surface area contributed by atoms with E-state index in [4.69, 9.17) is 10.5 Å². The van der Waals surface area contributed by atoms with Gasteiger partial charge in [0.25, 0.3) is 0 Å². The van der Waals surface area contributed by atoms with Crippen LogP contribution >= 0.6 is 0 Å². The van der Waals surface area contributed by atoms with Crippen LogP contribution in [0.1, 0.15) is 25.0 Å². The number of benzene rings is 1. The maximum Gasteiger partial charge on any atom is 0.196 e. The molecule has 0 aliphatic heterocycles. The van der Waals surface area contributed by atoms with Gasteiger partial charge in [0.2, 0.25) is 0 Å². The molecule has 0 radical (unpaired) electrons. The molecule has 90 valence electrons. The van der Waals surface area contributed by atoms with Crippen LogP contribution in [-0.4, -0.2) is 17.8 Å². The van der Waals surface area contributed by atoms with Gasteiger partial charge in [0.15, 0.2) is 17.3 Å². The number of ether oxygens (including phenoxy) is 1. The molecule has 0 unspecified atom stereocenters. The minimum absolute atomic E-state index is 0.115. The lowest BCUT2D eigenvalue weighted by molar-refractivity contribution is 0.348. The average Bonchev–Trinajstić information content (AvgIpc) is 2.12. The first-order valence-electron chi connectivity index (χ1n) is 5.10. The third-order valence-electron chi connectivity index (χ3n) is 2.42. The number of methoxy groups -OCH3 is 1. The maximum absolute atomic E-state index is 13.5. The van der Waals surface area contributed by atoms with Crippen LogP contribution in [0.4, 0.5) is 4.39 Å². The number of hydrogen-bond donors (Lipinski definition) is 2. The minimum atomic E-state index is -0.565. The van der Waals surface area contributed by atoms with Crippen LogP contribution in [-0.2, 0) is 6.42 Å². The molecule has 1 rings (SSSR count). The Morgan fingerprint density at radius 1 is 1.50 bits per heavy atom. The molecular formula is C12H18FNO2.